The quantitative estimate of drug-likeness (QED) is 0.488. The van der Waals surface area contributed by atoms with Gasteiger partial charge in [0, 0.05) is 11.6 Å². The third-order valence-electron chi connectivity index (χ3n) is 3.51. The number of H-pyrrole nitrogens is 1. The van der Waals surface area contributed by atoms with E-state index in [9.17, 15) is 0 Å². The van der Waals surface area contributed by atoms with E-state index in [4.69, 9.17) is 23.2 Å². The highest BCUT2D eigenvalue weighted by Gasteiger charge is 2.09. The predicted molar refractivity (Wildman–Crippen MR) is 106 cm³/mol. The van der Waals surface area contributed by atoms with Crippen molar-refractivity contribution in [3.63, 3.8) is 0 Å². The number of fused-ring (bicyclic) bond motifs is 1. The first kappa shape index (κ1) is 16.9. The molecule has 0 spiro atoms. The largest absolute Gasteiger partial charge is 0.364 e. The maximum atomic E-state index is 6.03. The van der Waals surface area contributed by atoms with E-state index in [2.05, 4.69) is 37.1 Å². The van der Waals surface area contributed by atoms with Gasteiger partial charge in [-0.15, -0.1) is 11.3 Å². The molecule has 1 aromatic carbocycles. The van der Waals surface area contributed by atoms with Crippen LogP contribution in [-0.4, -0.2) is 19.9 Å². The van der Waals surface area contributed by atoms with Crippen LogP contribution in [0.3, 0.4) is 0 Å². The number of nitrogens with zero attached hydrogens (tertiary/aromatic N) is 3. The van der Waals surface area contributed by atoms with Crippen LogP contribution in [0.1, 0.15) is 16.3 Å². The van der Waals surface area contributed by atoms with Gasteiger partial charge in [0.15, 0.2) is 11.5 Å². The van der Waals surface area contributed by atoms with Crippen LogP contribution in [0.2, 0.25) is 9.36 Å². The highest BCUT2D eigenvalue weighted by Crippen LogP contribution is 2.21. The number of thiophene rings is 1. The third-order valence-corrected chi connectivity index (χ3v) is 4.89. The zero-order valence-electron chi connectivity index (χ0n) is 13.3. The second-order valence-corrected chi connectivity index (χ2v) is 7.49. The molecule has 0 saturated heterocycles. The van der Waals surface area contributed by atoms with E-state index in [-0.39, 0.29) is 0 Å². The van der Waals surface area contributed by atoms with Crippen molar-refractivity contribution in [3.8, 4) is 11.8 Å². The first-order chi connectivity index (χ1) is 12.7. The summed E-state index contributed by atoms with van der Waals surface area (Å²) in [5.74, 6) is 7.02. The SMILES string of the molecule is Clc1cccc(CNc2nc(C#Cc3ccc(Cl)s3)nc3nc[nH]c23)c1. The highest BCUT2D eigenvalue weighted by molar-refractivity contribution is 7.16. The molecule has 0 radical (unpaired) electrons. The van der Waals surface area contributed by atoms with Gasteiger partial charge in [-0.2, -0.15) is 4.98 Å². The van der Waals surface area contributed by atoms with E-state index in [1.54, 1.807) is 6.33 Å². The number of aromatic nitrogens is 4. The Bertz CT molecular complexity index is 1140. The van der Waals surface area contributed by atoms with Crippen LogP contribution in [0.15, 0.2) is 42.7 Å². The molecule has 26 heavy (non-hydrogen) atoms. The fraction of sp³-hybridized carbons (Fsp3) is 0.0556. The summed E-state index contributed by atoms with van der Waals surface area (Å²) in [7, 11) is 0. The molecule has 3 aromatic heterocycles. The van der Waals surface area contributed by atoms with E-state index >= 15 is 0 Å². The lowest BCUT2D eigenvalue weighted by Crippen LogP contribution is -2.04. The zero-order chi connectivity index (χ0) is 17.9. The standard InChI is InChI=1S/C18H11Cl2N5S/c19-12-3-1-2-11(8-12)9-21-17-16-18(23-10-22-16)25-15(24-17)7-5-13-4-6-14(20)26-13/h1-4,6,8,10H,9H2,(H2,21,22,23,24,25). The first-order valence-corrected chi connectivity index (χ1v) is 9.21. The first-order valence-electron chi connectivity index (χ1n) is 7.64. The molecule has 0 aliphatic carbocycles. The molecule has 0 aliphatic rings. The number of nitrogens with one attached hydrogen (secondary N) is 2. The molecule has 0 amide bonds. The fourth-order valence-electron chi connectivity index (χ4n) is 2.35. The van der Waals surface area contributed by atoms with Crippen LogP contribution in [0.25, 0.3) is 11.2 Å². The normalized spacial score (nSPS) is 10.5. The molecule has 0 saturated carbocycles. The molecular weight excluding hydrogens is 389 g/mol. The molecule has 0 unspecified atom stereocenters. The number of halogens is 2. The van der Waals surface area contributed by atoms with Crippen molar-refractivity contribution in [3.05, 3.63) is 68.3 Å². The number of rotatable bonds is 3. The van der Waals surface area contributed by atoms with E-state index in [1.165, 1.54) is 11.3 Å². The number of hydrogen-bond donors (Lipinski definition) is 2. The summed E-state index contributed by atoms with van der Waals surface area (Å²) in [4.78, 5) is 17.0. The summed E-state index contributed by atoms with van der Waals surface area (Å²) in [5, 5.41) is 3.99. The molecule has 0 atom stereocenters. The average molecular weight is 400 g/mol. The molecule has 0 fully saturated rings. The Morgan fingerprint density at radius 1 is 1.12 bits per heavy atom. The fourth-order valence-corrected chi connectivity index (χ4v) is 3.46. The minimum atomic E-state index is 0.391. The van der Waals surface area contributed by atoms with Gasteiger partial charge in [-0.25, -0.2) is 9.97 Å². The molecule has 3 heterocycles. The van der Waals surface area contributed by atoms with Crippen molar-refractivity contribution in [2.24, 2.45) is 0 Å². The Balaban J connectivity index is 1.63. The summed E-state index contributed by atoms with van der Waals surface area (Å²) >= 11 is 13.4. The molecule has 0 bridgehead atoms. The second kappa shape index (κ2) is 7.34. The molecule has 4 rings (SSSR count). The number of benzene rings is 1. The van der Waals surface area contributed by atoms with Crippen LogP contribution in [-0.2, 0) is 6.54 Å². The van der Waals surface area contributed by atoms with Crippen molar-refractivity contribution in [2.45, 2.75) is 6.54 Å². The Morgan fingerprint density at radius 2 is 2.04 bits per heavy atom. The summed E-state index contributed by atoms with van der Waals surface area (Å²) in [5.41, 5.74) is 2.34. The van der Waals surface area contributed by atoms with Crippen molar-refractivity contribution in [1.29, 1.82) is 0 Å². The van der Waals surface area contributed by atoms with E-state index < -0.39 is 0 Å². The van der Waals surface area contributed by atoms with E-state index in [0.29, 0.717) is 33.2 Å². The van der Waals surface area contributed by atoms with Gasteiger partial charge in [0.05, 0.1) is 15.5 Å². The van der Waals surface area contributed by atoms with Gasteiger partial charge in [-0.3, -0.25) is 0 Å². The molecular formula is C18H11Cl2N5S. The number of hydrogen-bond acceptors (Lipinski definition) is 5. The Labute approximate surface area is 163 Å². The van der Waals surface area contributed by atoms with Gasteiger partial charge >= 0.3 is 0 Å². The van der Waals surface area contributed by atoms with Gasteiger partial charge in [0.25, 0.3) is 0 Å². The van der Waals surface area contributed by atoms with E-state index in [1.807, 2.05) is 36.4 Å². The van der Waals surface area contributed by atoms with Gasteiger partial charge in [0.1, 0.15) is 5.52 Å². The van der Waals surface area contributed by atoms with Crippen LogP contribution in [0, 0.1) is 11.8 Å². The van der Waals surface area contributed by atoms with Crippen LogP contribution in [0.4, 0.5) is 5.82 Å². The number of anilines is 1. The summed E-state index contributed by atoms with van der Waals surface area (Å²) in [6.45, 7) is 0.569. The van der Waals surface area contributed by atoms with E-state index in [0.717, 1.165) is 16.0 Å². The summed E-state index contributed by atoms with van der Waals surface area (Å²) < 4.78 is 0.696. The average Bonchev–Trinajstić information content (AvgIpc) is 3.26. The Kier molecular flexibility index (Phi) is 4.76. The van der Waals surface area contributed by atoms with Gasteiger partial charge in [0.2, 0.25) is 5.82 Å². The van der Waals surface area contributed by atoms with Crippen LogP contribution in [0.5, 0.6) is 0 Å². The van der Waals surface area contributed by atoms with Gasteiger partial charge in [-0.05, 0) is 41.7 Å². The maximum absolute atomic E-state index is 6.03. The molecule has 2 N–H and O–H groups in total. The zero-order valence-corrected chi connectivity index (χ0v) is 15.6. The minimum Gasteiger partial charge on any atom is -0.364 e. The van der Waals surface area contributed by atoms with Crippen molar-refractivity contribution in [1.82, 2.24) is 19.9 Å². The van der Waals surface area contributed by atoms with Crippen LogP contribution < -0.4 is 5.32 Å². The topological polar surface area (TPSA) is 66.5 Å². The third kappa shape index (κ3) is 3.81. The molecule has 5 nitrogen and oxygen atoms in total. The lowest BCUT2D eigenvalue weighted by molar-refractivity contribution is 1.08. The Hall–Kier alpha value is -2.59. The lowest BCUT2D eigenvalue weighted by Gasteiger charge is -2.07. The monoisotopic (exact) mass is 399 g/mol. The molecule has 8 heteroatoms. The second-order valence-electron chi connectivity index (χ2n) is 5.33. The van der Waals surface area contributed by atoms with Crippen molar-refractivity contribution >= 4 is 51.5 Å². The smallest absolute Gasteiger partial charge is 0.209 e. The Morgan fingerprint density at radius 3 is 2.85 bits per heavy atom. The number of aromatic amines is 1. The minimum absolute atomic E-state index is 0.391. The van der Waals surface area contributed by atoms with Crippen LogP contribution >= 0.6 is 34.5 Å². The summed E-state index contributed by atoms with van der Waals surface area (Å²) in [6, 6.07) is 11.3. The molecule has 128 valence electrons. The number of imidazole rings is 1. The van der Waals surface area contributed by atoms with Gasteiger partial charge in [-0.1, -0.05) is 35.3 Å². The predicted octanol–water partition coefficient (Wildman–Crippen LogP) is 4.73. The van der Waals surface area contributed by atoms with Crippen molar-refractivity contribution < 1.29 is 0 Å². The molecule has 4 aromatic rings. The molecule has 0 aliphatic heterocycles. The summed E-state index contributed by atoms with van der Waals surface area (Å²) in [6.07, 6.45) is 1.58. The van der Waals surface area contributed by atoms with Crippen molar-refractivity contribution in [2.75, 3.05) is 5.32 Å². The maximum Gasteiger partial charge on any atom is 0.209 e. The van der Waals surface area contributed by atoms with Gasteiger partial charge < -0.3 is 10.3 Å². The lowest BCUT2D eigenvalue weighted by atomic mass is 10.2. The highest BCUT2D eigenvalue weighted by atomic mass is 35.5.